The molecule has 0 heterocycles. The van der Waals surface area contributed by atoms with Crippen LogP contribution in [0.3, 0.4) is 0 Å². The minimum absolute atomic E-state index is 0.0136. The summed E-state index contributed by atoms with van der Waals surface area (Å²) in [4.78, 5) is 77.0. The number of unbranched alkanes of at least 4 members (excludes halogenated alkanes) is 9. The monoisotopic (exact) mass is 976 g/mol. The summed E-state index contributed by atoms with van der Waals surface area (Å²) in [5.74, 6) is -0.752. The van der Waals surface area contributed by atoms with Gasteiger partial charge in [0, 0.05) is 33.4 Å². The molecule has 0 unspecified atom stereocenters. The molecule has 0 bridgehead atoms. The lowest BCUT2D eigenvalue weighted by molar-refractivity contribution is 0.0376. The van der Waals surface area contributed by atoms with E-state index >= 15 is 9.59 Å². The number of carbonyl (C=O) groups excluding carboxylic acids is 6. The minimum atomic E-state index is -1.02. The van der Waals surface area contributed by atoms with Gasteiger partial charge in [-0.25, -0.2) is 9.59 Å². The lowest BCUT2D eigenvalue weighted by Gasteiger charge is -2.23. The number of hydrogen-bond donors (Lipinski definition) is 0. The summed E-state index contributed by atoms with van der Waals surface area (Å²) in [6.45, 7) is 2.83. The van der Waals surface area contributed by atoms with Gasteiger partial charge in [-0.1, -0.05) is 198 Å². The van der Waals surface area contributed by atoms with Gasteiger partial charge in [0.05, 0.1) is 17.7 Å². The number of benzene rings is 7. The van der Waals surface area contributed by atoms with Gasteiger partial charge in [-0.3, -0.25) is 19.2 Å². The highest BCUT2D eigenvalue weighted by Crippen LogP contribution is 2.41. The van der Waals surface area contributed by atoms with Crippen LogP contribution in [0.4, 0.5) is 0 Å². The van der Waals surface area contributed by atoms with Gasteiger partial charge in [0.1, 0.15) is 43.3 Å². The summed E-state index contributed by atoms with van der Waals surface area (Å²) in [6, 6.07) is 46.3. The lowest BCUT2D eigenvalue weighted by Crippen LogP contribution is -2.18. The third-order valence-electron chi connectivity index (χ3n) is 12.7. The van der Waals surface area contributed by atoms with Crippen molar-refractivity contribution in [1.29, 1.82) is 0 Å². The molecule has 0 atom stereocenters. The van der Waals surface area contributed by atoms with Gasteiger partial charge in [-0.15, -0.1) is 0 Å². The van der Waals surface area contributed by atoms with Gasteiger partial charge < -0.3 is 18.9 Å². The minimum Gasteiger partial charge on any atom is -0.493 e. The molecular formula is C63H60O10. The Morgan fingerprint density at radius 3 is 1.26 bits per heavy atom. The average molecular weight is 977 g/mol. The van der Waals surface area contributed by atoms with Crippen molar-refractivity contribution in [3.8, 4) is 22.6 Å². The SMILES string of the molecule is CCCCCCCCCCCCOc1ccc(OCc2ccccc2)cc1-c1c(C(=O)OC(c2ccc(C=O)cc2)c2ccc(C=O)cc2)cccc1C(=O)OC(c1ccc(C=O)cc1)c1ccc(C=O)cc1. The summed E-state index contributed by atoms with van der Waals surface area (Å²) in [5, 5.41) is 0. The quantitative estimate of drug-likeness (QED) is 0.0265. The molecule has 0 saturated heterocycles. The Balaban J connectivity index is 1.31. The number of carbonyl (C=O) groups is 6. The fourth-order valence-electron chi connectivity index (χ4n) is 8.61. The Kier molecular flexibility index (Phi) is 19.7. The van der Waals surface area contributed by atoms with Crippen molar-refractivity contribution in [1.82, 2.24) is 0 Å². The van der Waals surface area contributed by atoms with Gasteiger partial charge in [0.2, 0.25) is 0 Å². The van der Waals surface area contributed by atoms with E-state index in [1.807, 2.05) is 30.3 Å². The smallest absolute Gasteiger partial charge is 0.339 e. The first kappa shape index (κ1) is 52.6. The van der Waals surface area contributed by atoms with E-state index in [2.05, 4.69) is 6.92 Å². The van der Waals surface area contributed by atoms with Crippen molar-refractivity contribution in [3.63, 3.8) is 0 Å². The van der Waals surface area contributed by atoms with Crippen LogP contribution in [0, 0.1) is 0 Å². The van der Waals surface area contributed by atoms with E-state index in [1.165, 1.54) is 38.5 Å². The standard InChI is InChI=1S/C63H60O10/c1-2-3-4-5-6-7-8-9-10-14-38-70-58-37-36-54(71-44-49-16-12-11-13-17-49)39-57(58)59-55(62(68)72-60(50-28-20-45(40-64)21-29-50)51-30-22-46(41-65)23-31-51)18-15-19-56(59)63(69)73-61(52-32-24-47(42-66)25-33-52)53-34-26-48(43-67)27-35-53/h11-13,15-37,39-43,60-61H,2-10,14,38,44H2,1H3. The zero-order chi connectivity index (χ0) is 51.2. The van der Waals surface area contributed by atoms with Gasteiger partial charge >= 0.3 is 11.9 Å². The molecule has 0 radical (unpaired) electrons. The van der Waals surface area contributed by atoms with Crippen molar-refractivity contribution >= 4 is 37.1 Å². The molecule has 7 aromatic rings. The summed E-state index contributed by atoms with van der Waals surface area (Å²) >= 11 is 0. The molecule has 0 N–H and O–H groups in total. The molecule has 0 aliphatic heterocycles. The third-order valence-corrected chi connectivity index (χ3v) is 12.7. The first-order chi connectivity index (χ1) is 35.8. The van der Waals surface area contributed by atoms with Gasteiger partial charge in [0.25, 0.3) is 0 Å². The van der Waals surface area contributed by atoms with Crippen molar-refractivity contribution < 1.29 is 47.7 Å². The van der Waals surface area contributed by atoms with E-state index in [0.29, 0.717) is 68.2 Å². The Hall–Kier alpha value is -8.24. The number of hydrogen-bond acceptors (Lipinski definition) is 10. The Bertz CT molecular complexity index is 2670. The first-order valence-electron chi connectivity index (χ1n) is 25.0. The fraction of sp³-hybridized carbons (Fsp3) is 0.238. The summed E-state index contributed by atoms with van der Waals surface area (Å²) < 4.78 is 25.9. The molecule has 0 saturated carbocycles. The molecule has 372 valence electrons. The molecule has 0 aromatic heterocycles. The van der Waals surface area contributed by atoms with Crippen LogP contribution in [0.5, 0.6) is 11.5 Å². The predicted molar refractivity (Wildman–Crippen MR) is 282 cm³/mol. The molecule has 0 fully saturated rings. The third kappa shape index (κ3) is 14.7. The normalized spacial score (nSPS) is 10.9. The summed E-state index contributed by atoms with van der Waals surface area (Å²) in [6.07, 6.45) is 12.3. The first-order valence-corrected chi connectivity index (χ1v) is 25.0. The van der Waals surface area contributed by atoms with Crippen molar-refractivity contribution in [2.24, 2.45) is 0 Å². The molecule has 7 rings (SSSR count). The van der Waals surface area contributed by atoms with Gasteiger partial charge in [-0.05, 0) is 64.6 Å². The largest absolute Gasteiger partial charge is 0.493 e. The predicted octanol–water partition coefficient (Wildman–Crippen LogP) is 14.4. The van der Waals surface area contributed by atoms with Gasteiger partial charge in [-0.2, -0.15) is 0 Å². The maximum atomic E-state index is 15.2. The zero-order valence-electron chi connectivity index (χ0n) is 41.1. The Morgan fingerprint density at radius 2 is 0.849 bits per heavy atom. The zero-order valence-corrected chi connectivity index (χ0v) is 41.1. The van der Waals surface area contributed by atoms with Crippen molar-refractivity contribution in [2.75, 3.05) is 6.61 Å². The molecule has 7 aromatic carbocycles. The van der Waals surface area contributed by atoms with Crippen LogP contribution in [0.15, 0.2) is 164 Å². The fourth-order valence-corrected chi connectivity index (χ4v) is 8.61. The molecule has 10 heteroatoms. The highest BCUT2D eigenvalue weighted by molar-refractivity contribution is 6.07. The van der Waals surface area contributed by atoms with Crippen LogP contribution >= 0.6 is 0 Å². The van der Waals surface area contributed by atoms with Crippen LogP contribution in [0.25, 0.3) is 11.1 Å². The highest BCUT2D eigenvalue weighted by atomic mass is 16.5. The van der Waals surface area contributed by atoms with E-state index in [9.17, 15) is 19.2 Å². The van der Waals surface area contributed by atoms with Crippen molar-refractivity contribution in [2.45, 2.75) is 89.9 Å². The van der Waals surface area contributed by atoms with Crippen LogP contribution in [0.2, 0.25) is 0 Å². The second-order valence-corrected chi connectivity index (χ2v) is 17.9. The van der Waals surface area contributed by atoms with Crippen LogP contribution < -0.4 is 9.47 Å². The van der Waals surface area contributed by atoms with E-state index in [1.54, 1.807) is 133 Å². The number of aldehydes is 4. The summed E-state index contributed by atoms with van der Waals surface area (Å²) in [7, 11) is 0. The summed E-state index contributed by atoms with van der Waals surface area (Å²) in [5.41, 5.74) is 5.41. The number of rotatable bonds is 28. The topological polar surface area (TPSA) is 139 Å². The molecule has 0 spiro atoms. The molecule has 0 aliphatic rings. The molecule has 73 heavy (non-hydrogen) atoms. The van der Waals surface area contributed by atoms with E-state index in [4.69, 9.17) is 18.9 Å². The van der Waals surface area contributed by atoms with Crippen LogP contribution in [-0.4, -0.2) is 43.7 Å². The maximum absolute atomic E-state index is 15.2. The van der Waals surface area contributed by atoms with Crippen LogP contribution in [-0.2, 0) is 16.1 Å². The molecular weight excluding hydrogens is 917 g/mol. The van der Waals surface area contributed by atoms with Crippen molar-refractivity contribution in [3.05, 3.63) is 225 Å². The van der Waals surface area contributed by atoms with E-state index in [0.717, 1.165) is 56.4 Å². The Morgan fingerprint density at radius 1 is 0.438 bits per heavy atom. The van der Waals surface area contributed by atoms with E-state index in [-0.39, 0.29) is 23.3 Å². The number of ether oxygens (including phenoxy) is 4. The van der Waals surface area contributed by atoms with Gasteiger partial charge in [0.15, 0.2) is 12.2 Å². The molecule has 0 aliphatic carbocycles. The maximum Gasteiger partial charge on any atom is 0.339 e. The number of esters is 2. The molecule has 0 amide bonds. The second-order valence-electron chi connectivity index (χ2n) is 17.9. The van der Waals surface area contributed by atoms with Crippen LogP contribution in [0.1, 0.15) is 173 Å². The average Bonchev–Trinajstić information content (AvgIpc) is 3.45. The Labute approximate surface area is 427 Å². The second kappa shape index (κ2) is 27.4. The van der Waals surface area contributed by atoms with E-state index < -0.39 is 24.1 Å². The lowest BCUT2D eigenvalue weighted by atomic mass is 9.92. The molecule has 10 nitrogen and oxygen atoms in total. The highest BCUT2D eigenvalue weighted by Gasteiger charge is 2.30.